The zero-order valence-electron chi connectivity index (χ0n) is 17.6. The number of benzene rings is 2. The Balaban J connectivity index is 1.55. The third kappa shape index (κ3) is 7.17. The van der Waals surface area contributed by atoms with Gasteiger partial charge in [0.15, 0.2) is 6.61 Å². The van der Waals surface area contributed by atoms with Crippen molar-refractivity contribution in [3.05, 3.63) is 88.8 Å². The molecule has 0 saturated heterocycles. The molecule has 0 aliphatic heterocycles. The number of hydrogen-bond donors (Lipinski definition) is 3. The number of carbonyl (C=O) groups is 3. The second-order valence-electron chi connectivity index (χ2n) is 6.84. The molecule has 0 spiro atoms. The van der Waals surface area contributed by atoms with Crippen molar-refractivity contribution in [2.75, 3.05) is 6.61 Å². The van der Waals surface area contributed by atoms with Gasteiger partial charge in [0, 0.05) is 6.54 Å². The Hall–Kier alpha value is -3.67. The highest BCUT2D eigenvalue weighted by molar-refractivity contribution is 7.89. The summed E-state index contributed by atoms with van der Waals surface area (Å²) in [4.78, 5) is 35.6. The maximum absolute atomic E-state index is 12.7. The number of nitrogens with one attached hydrogen (secondary N) is 3. The van der Waals surface area contributed by atoms with E-state index in [0.717, 1.165) is 11.6 Å². The van der Waals surface area contributed by atoms with Gasteiger partial charge < -0.3 is 14.5 Å². The number of amides is 3. The van der Waals surface area contributed by atoms with Crippen LogP contribution in [0.1, 0.15) is 21.7 Å². The van der Waals surface area contributed by atoms with E-state index in [1.165, 1.54) is 18.4 Å². The molecule has 1 aromatic heterocycles. The van der Waals surface area contributed by atoms with E-state index in [-0.39, 0.29) is 28.6 Å². The largest absolute Gasteiger partial charge is 0.467 e. The molecule has 3 amide bonds. The van der Waals surface area contributed by atoms with Crippen LogP contribution in [0.2, 0.25) is 5.02 Å². The van der Waals surface area contributed by atoms with Crippen LogP contribution in [-0.2, 0) is 32.6 Å². The fourth-order valence-electron chi connectivity index (χ4n) is 2.69. The number of halogens is 1. The van der Waals surface area contributed by atoms with Crippen LogP contribution in [-0.4, -0.2) is 32.9 Å². The van der Waals surface area contributed by atoms with E-state index in [4.69, 9.17) is 20.8 Å². The van der Waals surface area contributed by atoms with Crippen molar-refractivity contribution < 1.29 is 32.0 Å². The summed E-state index contributed by atoms with van der Waals surface area (Å²) >= 11 is 6.03. The minimum Gasteiger partial charge on any atom is -0.467 e. The maximum atomic E-state index is 12.7. The molecule has 0 saturated carbocycles. The van der Waals surface area contributed by atoms with Crippen LogP contribution >= 0.6 is 11.6 Å². The fraction of sp³-hybridized carbons (Fsp3) is 0.136. The van der Waals surface area contributed by atoms with Crippen molar-refractivity contribution in [2.45, 2.75) is 18.0 Å². The van der Waals surface area contributed by atoms with Crippen molar-refractivity contribution in [1.29, 1.82) is 0 Å². The second kappa shape index (κ2) is 11.5. The molecule has 0 aliphatic carbocycles. The molecule has 0 aliphatic rings. The summed E-state index contributed by atoms with van der Waals surface area (Å²) in [5.74, 6) is -1.36. The SMILES string of the molecule is O=C(COC(=O)c1ccc(Cl)c(S(=O)(=O)NCc2ccccc2)c1)NC(=O)NCc1ccco1. The molecule has 3 aromatic rings. The van der Waals surface area contributed by atoms with Gasteiger partial charge in [0.05, 0.1) is 23.4 Å². The average Bonchev–Trinajstić information content (AvgIpc) is 3.35. The summed E-state index contributed by atoms with van der Waals surface area (Å²) in [6, 6.07) is 14.9. The smallest absolute Gasteiger partial charge is 0.338 e. The molecule has 0 atom stereocenters. The zero-order valence-corrected chi connectivity index (χ0v) is 19.2. The van der Waals surface area contributed by atoms with Crippen molar-refractivity contribution in [1.82, 2.24) is 15.4 Å². The van der Waals surface area contributed by atoms with Crippen molar-refractivity contribution in [3.63, 3.8) is 0 Å². The van der Waals surface area contributed by atoms with E-state index in [1.54, 1.807) is 42.5 Å². The normalized spacial score (nSPS) is 11.0. The van der Waals surface area contributed by atoms with Gasteiger partial charge in [-0.05, 0) is 35.9 Å². The first-order valence-corrected chi connectivity index (χ1v) is 11.7. The van der Waals surface area contributed by atoms with Crippen LogP contribution in [0.3, 0.4) is 0 Å². The summed E-state index contributed by atoms with van der Waals surface area (Å²) in [5, 5.41) is 4.29. The van der Waals surface area contributed by atoms with Crippen molar-refractivity contribution in [3.8, 4) is 0 Å². The number of ether oxygens (including phenoxy) is 1. The third-order valence-electron chi connectivity index (χ3n) is 4.36. The first-order valence-electron chi connectivity index (χ1n) is 9.85. The van der Waals surface area contributed by atoms with Crippen LogP contribution in [0, 0.1) is 0 Å². The summed E-state index contributed by atoms with van der Waals surface area (Å²) in [6.45, 7) is -0.674. The Bertz CT molecular complexity index is 1260. The molecule has 3 N–H and O–H groups in total. The highest BCUT2D eigenvalue weighted by Gasteiger charge is 2.21. The summed E-state index contributed by atoms with van der Waals surface area (Å²) in [6.07, 6.45) is 1.44. The molecule has 0 unspecified atom stereocenters. The molecule has 0 fully saturated rings. The molecule has 10 nitrogen and oxygen atoms in total. The predicted molar refractivity (Wildman–Crippen MR) is 121 cm³/mol. The standard InChI is InChI=1S/C22H20ClN3O7S/c23-18-9-8-16(11-19(18)34(30,31)25-12-15-5-2-1-3-6-15)21(28)33-14-20(27)26-22(29)24-13-17-7-4-10-32-17/h1-11,25H,12-14H2,(H2,24,26,27,29). The van der Waals surface area contributed by atoms with E-state index in [9.17, 15) is 22.8 Å². The van der Waals surface area contributed by atoms with Gasteiger partial charge >= 0.3 is 12.0 Å². The molecule has 1 heterocycles. The Morgan fingerprint density at radius 3 is 2.44 bits per heavy atom. The first-order chi connectivity index (χ1) is 16.2. The van der Waals surface area contributed by atoms with Crippen LogP contribution in [0.25, 0.3) is 0 Å². The van der Waals surface area contributed by atoms with Gasteiger partial charge in [-0.2, -0.15) is 0 Å². The molecular weight excluding hydrogens is 486 g/mol. The summed E-state index contributed by atoms with van der Waals surface area (Å²) in [5.41, 5.74) is 0.594. The monoisotopic (exact) mass is 505 g/mol. The quantitative estimate of drug-likeness (QED) is 0.379. The second-order valence-corrected chi connectivity index (χ2v) is 8.98. The van der Waals surface area contributed by atoms with Crippen LogP contribution in [0.5, 0.6) is 0 Å². The van der Waals surface area contributed by atoms with Crippen LogP contribution < -0.4 is 15.4 Å². The predicted octanol–water partition coefficient (Wildman–Crippen LogP) is 2.59. The highest BCUT2D eigenvalue weighted by Crippen LogP contribution is 2.23. The molecule has 178 valence electrons. The number of esters is 1. The van der Waals surface area contributed by atoms with E-state index in [1.807, 2.05) is 5.32 Å². The lowest BCUT2D eigenvalue weighted by Crippen LogP contribution is -2.41. The number of rotatable bonds is 9. The molecule has 2 aromatic carbocycles. The van der Waals surface area contributed by atoms with Crippen molar-refractivity contribution >= 4 is 39.5 Å². The molecule has 34 heavy (non-hydrogen) atoms. The van der Waals surface area contributed by atoms with Gasteiger partial charge in [-0.1, -0.05) is 41.9 Å². The molecule has 3 rings (SSSR count). The Morgan fingerprint density at radius 1 is 0.971 bits per heavy atom. The summed E-state index contributed by atoms with van der Waals surface area (Å²) < 4.78 is 37.7. The topological polar surface area (TPSA) is 144 Å². The average molecular weight is 506 g/mol. The van der Waals surface area contributed by atoms with Crippen molar-refractivity contribution in [2.24, 2.45) is 0 Å². The number of sulfonamides is 1. The molecule has 0 radical (unpaired) electrons. The zero-order chi connectivity index (χ0) is 24.6. The number of urea groups is 1. The lowest BCUT2D eigenvalue weighted by Gasteiger charge is -2.11. The lowest BCUT2D eigenvalue weighted by molar-refractivity contribution is -0.123. The van der Waals surface area contributed by atoms with Gasteiger partial charge in [0.25, 0.3) is 5.91 Å². The minimum absolute atomic E-state index is 0.0241. The Kier molecular flexibility index (Phi) is 8.41. The van der Waals surface area contributed by atoms with Gasteiger partial charge in [-0.3, -0.25) is 10.1 Å². The third-order valence-corrected chi connectivity index (χ3v) is 6.24. The van der Waals surface area contributed by atoms with Crippen LogP contribution in [0.4, 0.5) is 4.79 Å². The molecular formula is C22H20ClN3O7S. The maximum Gasteiger partial charge on any atom is 0.338 e. The van der Waals surface area contributed by atoms with Gasteiger partial charge in [-0.15, -0.1) is 0 Å². The lowest BCUT2D eigenvalue weighted by atomic mass is 10.2. The Labute approximate surface area is 200 Å². The van der Waals surface area contributed by atoms with E-state index in [2.05, 4.69) is 10.0 Å². The number of furan rings is 1. The minimum atomic E-state index is -4.05. The fourth-order valence-corrected chi connectivity index (χ4v) is 4.23. The van der Waals surface area contributed by atoms with E-state index >= 15 is 0 Å². The summed E-state index contributed by atoms with van der Waals surface area (Å²) in [7, 11) is -4.05. The molecule has 12 heteroatoms. The van der Waals surface area contributed by atoms with Gasteiger partial charge in [-0.25, -0.2) is 22.7 Å². The highest BCUT2D eigenvalue weighted by atomic mass is 35.5. The van der Waals surface area contributed by atoms with Gasteiger partial charge in [0.1, 0.15) is 10.7 Å². The van der Waals surface area contributed by atoms with E-state index < -0.39 is 34.5 Å². The van der Waals surface area contributed by atoms with Gasteiger partial charge in [0.2, 0.25) is 10.0 Å². The number of carbonyl (C=O) groups excluding carboxylic acids is 3. The van der Waals surface area contributed by atoms with E-state index in [0.29, 0.717) is 5.76 Å². The Morgan fingerprint density at radius 2 is 1.74 bits per heavy atom. The number of hydrogen-bond acceptors (Lipinski definition) is 7. The van der Waals surface area contributed by atoms with Crippen LogP contribution in [0.15, 0.2) is 76.2 Å². The molecule has 0 bridgehead atoms. The number of imide groups is 1. The first kappa shape index (κ1) is 25.0.